The maximum atomic E-state index is 14.5. The molecule has 1 unspecified atom stereocenters. The molecule has 628 valence electrons. The number of H-pyrrole nitrogens is 1. The van der Waals surface area contributed by atoms with Gasteiger partial charge in [0.1, 0.15) is 5.82 Å². The average molecular weight is 1840 g/mol. The van der Waals surface area contributed by atoms with E-state index in [9.17, 15) is 4.39 Å². The van der Waals surface area contributed by atoms with Crippen LogP contribution in [0.5, 0.6) is 0 Å². The predicted molar refractivity (Wildman–Crippen MR) is 537 cm³/mol. The van der Waals surface area contributed by atoms with Crippen molar-refractivity contribution >= 4 is 203 Å². The quantitative estimate of drug-likeness (QED) is 0.0525. The third kappa shape index (κ3) is 17.0. The number of nitrogens with zero attached hydrogens (tertiary/aromatic N) is 9. The van der Waals surface area contributed by atoms with Gasteiger partial charge in [0.25, 0.3) is 0 Å². The zero-order valence-electron chi connectivity index (χ0n) is 73.2. The summed E-state index contributed by atoms with van der Waals surface area (Å²) < 4.78 is 46.9. The van der Waals surface area contributed by atoms with Crippen LogP contribution in [0, 0.1) is 5.82 Å². The molecular weight excluding hydrogens is 1770 g/mol. The van der Waals surface area contributed by atoms with Gasteiger partial charge in [-0.2, -0.15) is 0 Å². The molecule has 0 amide bonds. The number of nitrogens with one attached hydrogen (secondary N) is 1. The maximum absolute atomic E-state index is 14.5. The number of benzene rings is 18. The predicted octanol–water partition coefficient (Wildman–Crippen LogP) is 24.2. The number of rotatable bonds is 12. The standard InChI is InChI=1S/C57H35N5O.C30H18N2O.C27H18FN3.3K.HO4P/c1-4-16-36(17-5-1)37-28-30-39(31-29-37)56-58-55(38-18-6-2-7-19-38)59-57(60-56)47-24-12-15-27-50(47)62-49-26-14-11-23-42(49)44-33-35-46-45-34-32-43-41-22-10-13-25-48(41)61(40-20-8-3-9-21-40)51(43)53(45)63-54(46)52(44)62;1-2-8-18(9-3-1)32-26-13-7-5-11-20(26)22-15-17-24-23-16-14-21-19-10-4-6-12-25(19)31-27(21)29(23)33-30(24)28(22)32;28-24-14-8-7-13-23(24)27-30-25(21-11-5-2-6-12-21)29-26(31-27)22-17-15-20(16-18-22)19-9-3-1-4-10-19;;;;1-4-5(2)3/h1-35H;1-17,31H;1-18H;;;;1H/q;;;;;+1;/p-1. The summed E-state index contributed by atoms with van der Waals surface area (Å²) in [6, 6.07) is 145. The molecule has 26 rings (SSSR count). The smallest absolute Gasteiger partial charge is 0.166 e. The van der Waals surface area contributed by atoms with Crippen molar-refractivity contribution in [3.8, 4) is 108 Å². The van der Waals surface area contributed by atoms with Crippen LogP contribution in [0.2, 0.25) is 0 Å². The monoisotopic (exact) mass is 1840 g/mol. The minimum Gasteiger partial charge on any atom is -0.452 e. The molecule has 16 nitrogen and oxygen atoms in total. The van der Waals surface area contributed by atoms with Crippen LogP contribution in [0.15, 0.2) is 433 Å². The molecule has 26 aromatic rings. The van der Waals surface area contributed by atoms with Crippen molar-refractivity contribution in [2.75, 3.05) is 0 Å². The van der Waals surface area contributed by atoms with Crippen LogP contribution in [0.1, 0.15) is 0 Å². The summed E-state index contributed by atoms with van der Waals surface area (Å²) in [4.78, 5) is 41.9. The third-order valence-electron chi connectivity index (χ3n) is 24.4. The molecule has 0 bridgehead atoms. The van der Waals surface area contributed by atoms with Gasteiger partial charge in [0.15, 0.2) is 57.3 Å². The summed E-state index contributed by atoms with van der Waals surface area (Å²) in [5, 5.41) is 22.3. The van der Waals surface area contributed by atoms with E-state index in [-0.39, 0.29) is 57.2 Å². The van der Waals surface area contributed by atoms with Gasteiger partial charge >= 0.3 is 123 Å². The zero-order valence-corrected chi connectivity index (χ0v) is 83.5. The molecule has 18 aromatic carbocycles. The van der Waals surface area contributed by atoms with Gasteiger partial charge in [0.2, 0.25) is 0 Å². The van der Waals surface area contributed by atoms with Gasteiger partial charge in [0, 0.05) is 109 Å². The van der Waals surface area contributed by atoms with E-state index in [4.69, 9.17) is 38.5 Å². The van der Waals surface area contributed by atoms with E-state index < -0.39 is 8.25 Å². The molecule has 0 aliphatic carbocycles. The number of fused-ring (bicyclic) bond motifs is 22. The Balaban J connectivity index is 0.000000127. The molecule has 0 fully saturated rings. The van der Waals surface area contributed by atoms with E-state index in [2.05, 4.69) is 329 Å². The van der Waals surface area contributed by atoms with E-state index in [1.54, 1.807) is 18.2 Å². The first kappa shape index (κ1) is 89.1. The fourth-order valence-electron chi connectivity index (χ4n) is 18.5. The summed E-state index contributed by atoms with van der Waals surface area (Å²) in [5.74, 6) is 2.76. The van der Waals surface area contributed by atoms with Gasteiger partial charge < -0.3 is 37.7 Å². The normalized spacial score (nSPS) is 11.4. The molecule has 1 N–H and O–H groups in total. The summed E-state index contributed by atoms with van der Waals surface area (Å²) >= 11 is 2.50. The third-order valence-corrected chi connectivity index (χ3v) is 24.5. The fraction of sp³-hybridized carbons (Fsp3) is 0. The summed E-state index contributed by atoms with van der Waals surface area (Å²) in [5.41, 5.74) is 24.7. The second-order valence-corrected chi connectivity index (χ2v) is 32.6. The van der Waals surface area contributed by atoms with Crippen molar-refractivity contribution in [2.24, 2.45) is 0 Å². The summed E-state index contributed by atoms with van der Waals surface area (Å²) in [7, 11) is -3.15. The molecule has 135 heavy (non-hydrogen) atoms. The van der Waals surface area contributed by atoms with Gasteiger partial charge in [-0.15, -0.1) is 0 Å². The molecule has 0 spiro atoms. The Hall–Kier alpha value is -12.4. The number of furan rings is 2. The van der Waals surface area contributed by atoms with E-state index in [0.29, 0.717) is 40.5 Å². The van der Waals surface area contributed by atoms with Gasteiger partial charge in [-0.1, -0.05) is 328 Å². The van der Waals surface area contributed by atoms with Gasteiger partial charge in [-0.05, 0) is 124 Å². The Kier molecular flexibility index (Phi) is 26.1. The Morgan fingerprint density at radius 3 is 0.985 bits per heavy atom. The van der Waals surface area contributed by atoms with E-state index in [1.807, 2.05) is 109 Å². The first-order valence-electron chi connectivity index (χ1n) is 44.1. The molecule has 8 aromatic heterocycles. The van der Waals surface area contributed by atoms with Gasteiger partial charge in [-0.3, -0.25) is 0 Å². The van der Waals surface area contributed by atoms with E-state index in [0.717, 1.165) is 166 Å². The van der Waals surface area contributed by atoms with Crippen molar-refractivity contribution in [3.05, 3.63) is 430 Å². The zero-order chi connectivity index (χ0) is 90.3. The maximum Gasteiger partial charge on any atom is 0.166 e. The van der Waals surface area contributed by atoms with Crippen LogP contribution in [0.25, 0.3) is 239 Å². The molecule has 0 aliphatic heterocycles. The number of halogens is 1. The van der Waals surface area contributed by atoms with Crippen molar-refractivity contribution < 1.29 is 84.0 Å². The van der Waals surface area contributed by atoms with Crippen LogP contribution >= 0.6 is 8.25 Å². The molecule has 0 radical (unpaired) electrons. The summed E-state index contributed by atoms with van der Waals surface area (Å²) in [6.45, 7) is 0. The van der Waals surface area contributed by atoms with Crippen molar-refractivity contribution in [3.63, 3.8) is 0 Å². The molecule has 8 heterocycles. The number of para-hydroxylation sites is 7. The molecule has 0 saturated carbocycles. The molecule has 1 atom stereocenters. The minimum absolute atomic E-state index is 0. The van der Waals surface area contributed by atoms with Crippen LogP contribution < -0.4 is 61.5 Å². The van der Waals surface area contributed by atoms with Crippen molar-refractivity contribution in [1.29, 1.82) is 0 Å². The van der Waals surface area contributed by atoms with Crippen LogP contribution in [0.4, 0.5) is 4.39 Å². The molecule has 21 heteroatoms. The van der Waals surface area contributed by atoms with E-state index >= 15 is 0 Å². The number of hydrogen-bond acceptors (Lipinski definition) is 12. The molecular formula is C114H71FK3N10O6P. The van der Waals surface area contributed by atoms with Gasteiger partial charge in [0.05, 0.1) is 49.9 Å². The average Bonchev–Trinajstić information content (AvgIpc) is 1.56. The van der Waals surface area contributed by atoms with Gasteiger partial charge in [-0.25, -0.2) is 39.0 Å². The Morgan fingerprint density at radius 1 is 0.281 bits per heavy atom. The topological polar surface area (TPSA) is 207 Å². The Morgan fingerprint density at radius 2 is 0.563 bits per heavy atom. The fourth-order valence-corrected chi connectivity index (χ4v) is 18.5. The van der Waals surface area contributed by atoms with E-state index in [1.165, 1.54) is 102 Å². The van der Waals surface area contributed by atoms with Crippen LogP contribution in [-0.4, -0.2) is 112 Å². The Labute approximate surface area is 861 Å². The molecule has 0 aliphatic rings. The van der Waals surface area contributed by atoms with Crippen LogP contribution in [0.3, 0.4) is 0 Å². The molecule has 0 saturated heterocycles. The Bertz CT molecular complexity index is 8940. The van der Waals surface area contributed by atoms with Crippen LogP contribution in [-0.2, 0) is 9.24 Å². The van der Waals surface area contributed by atoms with Crippen molar-refractivity contribution in [1.82, 2.24) is 48.6 Å². The first-order chi connectivity index (χ1) is 66.2. The first-order valence-corrected chi connectivity index (χ1v) is 61.2. The minimum atomic E-state index is -3.15. The second kappa shape index (κ2) is 39.5. The van der Waals surface area contributed by atoms with Crippen molar-refractivity contribution in [2.45, 2.75) is 0 Å². The second-order valence-electron chi connectivity index (χ2n) is 32.0. The largest absolute Gasteiger partial charge is 0.452 e. The number of hydrogen-bond donors (Lipinski definition) is 1. The number of aromatic amines is 1. The summed E-state index contributed by atoms with van der Waals surface area (Å²) in [6.07, 6.45) is 0. The number of aromatic nitrogens is 10. The SMILES string of the molecule is Fc1ccccc1-c1nc(-c2ccccc2)nc(-c2ccc(-c3ccccc3)cc2)n1.O=[P+]([O-])O[O-].[K+].[K][K].c1ccc(-c2ccc(-c3nc(-c4ccccc4)nc(-c4ccccc4-n4c5ccccc5c5ccc6c7ccc8c9ccccc9n(-c9ccccc9)c8c7oc6c54)n3)cc2)cc1.c1ccc(-n2c3ccccc3c3ccc4c5ccc6c7ccccc7[nH]c6c5oc4c32)cc1.